The van der Waals surface area contributed by atoms with E-state index in [0.29, 0.717) is 16.4 Å². The van der Waals surface area contributed by atoms with Gasteiger partial charge in [0.25, 0.3) is 0 Å². The van der Waals surface area contributed by atoms with Crippen molar-refractivity contribution in [3.05, 3.63) is 45.7 Å². The van der Waals surface area contributed by atoms with Crippen LogP contribution in [0, 0.1) is 0 Å². The largest absolute Gasteiger partial charge is 0.448 e. The molecule has 0 fully saturated rings. The highest BCUT2D eigenvalue weighted by Gasteiger charge is 2.02. The molecule has 0 bridgehead atoms. The van der Waals surface area contributed by atoms with Crippen molar-refractivity contribution in [2.24, 2.45) is 4.99 Å². The van der Waals surface area contributed by atoms with Crippen LogP contribution in [0.3, 0.4) is 0 Å². The van der Waals surface area contributed by atoms with Crippen molar-refractivity contribution in [1.82, 2.24) is 4.57 Å². The molecule has 1 amide bonds. The maximum Gasteiger partial charge on any atom is 0.436 e. The molecule has 2 aromatic rings. The van der Waals surface area contributed by atoms with Gasteiger partial charge in [-0.1, -0.05) is 11.6 Å². The molecule has 1 heterocycles. The normalized spacial score (nSPS) is 11.6. The summed E-state index contributed by atoms with van der Waals surface area (Å²) in [5.41, 5.74) is 0.892. The summed E-state index contributed by atoms with van der Waals surface area (Å²) in [5, 5.41) is 2.52. The van der Waals surface area contributed by atoms with Gasteiger partial charge in [0.2, 0.25) is 4.80 Å². The van der Waals surface area contributed by atoms with Gasteiger partial charge in [-0.2, -0.15) is 0 Å². The van der Waals surface area contributed by atoms with Crippen molar-refractivity contribution in [2.45, 2.75) is 6.92 Å². The Hall–Kier alpha value is -1.59. The van der Waals surface area contributed by atoms with Crippen LogP contribution in [0.4, 0.5) is 4.79 Å². The van der Waals surface area contributed by atoms with E-state index in [1.54, 1.807) is 23.6 Å². The van der Waals surface area contributed by atoms with Crippen LogP contribution in [-0.2, 0) is 4.74 Å². The molecule has 1 aromatic carbocycles. The molecular formula is C12H11ClN2O2S. The zero-order chi connectivity index (χ0) is 13.0. The van der Waals surface area contributed by atoms with E-state index in [2.05, 4.69) is 4.99 Å². The van der Waals surface area contributed by atoms with E-state index in [9.17, 15) is 4.79 Å². The highest BCUT2D eigenvalue weighted by Crippen LogP contribution is 2.12. The molecule has 1 aromatic heterocycles. The van der Waals surface area contributed by atoms with Gasteiger partial charge >= 0.3 is 6.09 Å². The van der Waals surface area contributed by atoms with E-state index >= 15 is 0 Å². The first-order valence-electron chi connectivity index (χ1n) is 5.34. The van der Waals surface area contributed by atoms with Crippen LogP contribution in [0.2, 0.25) is 5.02 Å². The lowest BCUT2D eigenvalue weighted by atomic mass is 10.3. The summed E-state index contributed by atoms with van der Waals surface area (Å²) in [5.74, 6) is 0. The molecule has 0 aliphatic rings. The first-order chi connectivity index (χ1) is 8.70. The molecule has 2 rings (SSSR count). The lowest BCUT2D eigenvalue weighted by Crippen LogP contribution is -2.14. The molecule has 18 heavy (non-hydrogen) atoms. The fourth-order valence-corrected chi connectivity index (χ4v) is 2.22. The number of hydrogen-bond donors (Lipinski definition) is 0. The number of ether oxygens (including phenoxy) is 1. The molecular weight excluding hydrogens is 272 g/mol. The second kappa shape index (κ2) is 5.84. The third-order valence-corrected chi connectivity index (χ3v) is 3.16. The average Bonchev–Trinajstić information content (AvgIpc) is 2.78. The van der Waals surface area contributed by atoms with E-state index in [0.717, 1.165) is 5.69 Å². The van der Waals surface area contributed by atoms with E-state index in [1.807, 2.05) is 23.7 Å². The van der Waals surface area contributed by atoms with Crippen LogP contribution in [0.15, 0.2) is 40.8 Å². The molecule has 0 saturated heterocycles. The van der Waals surface area contributed by atoms with Crippen LogP contribution in [-0.4, -0.2) is 17.3 Å². The van der Waals surface area contributed by atoms with Crippen LogP contribution in [0.1, 0.15) is 6.92 Å². The predicted molar refractivity (Wildman–Crippen MR) is 71.2 cm³/mol. The molecule has 4 nitrogen and oxygen atoms in total. The monoisotopic (exact) mass is 282 g/mol. The van der Waals surface area contributed by atoms with E-state index in [-0.39, 0.29) is 0 Å². The number of nitrogens with zero attached hydrogens (tertiary/aromatic N) is 2. The number of amides is 1. The molecule has 6 heteroatoms. The minimum absolute atomic E-state index is 0.314. The topological polar surface area (TPSA) is 43.6 Å². The van der Waals surface area contributed by atoms with E-state index in [1.165, 1.54) is 11.3 Å². The first kappa shape index (κ1) is 12.9. The molecule has 0 aliphatic heterocycles. The Morgan fingerprint density at radius 3 is 2.83 bits per heavy atom. The molecule has 0 radical (unpaired) electrons. The van der Waals surface area contributed by atoms with Crippen molar-refractivity contribution < 1.29 is 9.53 Å². The van der Waals surface area contributed by atoms with Gasteiger partial charge in [-0.05, 0) is 31.2 Å². The van der Waals surface area contributed by atoms with Crippen molar-refractivity contribution in [2.75, 3.05) is 6.61 Å². The van der Waals surface area contributed by atoms with Crippen molar-refractivity contribution in [1.29, 1.82) is 0 Å². The van der Waals surface area contributed by atoms with Gasteiger partial charge in [-0.15, -0.1) is 16.3 Å². The number of carbonyl (C=O) groups is 1. The Labute approximate surface area is 113 Å². The summed E-state index contributed by atoms with van der Waals surface area (Å²) in [4.78, 5) is 15.8. The molecule has 94 valence electrons. The number of benzene rings is 1. The Morgan fingerprint density at radius 1 is 1.44 bits per heavy atom. The Kier molecular flexibility index (Phi) is 4.17. The third kappa shape index (κ3) is 3.00. The summed E-state index contributed by atoms with van der Waals surface area (Å²) in [6, 6.07) is 7.30. The van der Waals surface area contributed by atoms with Crippen LogP contribution in [0.25, 0.3) is 5.69 Å². The highest BCUT2D eigenvalue weighted by molar-refractivity contribution is 7.07. The maximum absolute atomic E-state index is 11.3. The quantitative estimate of drug-likeness (QED) is 0.849. The van der Waals surface area contributed by atoms with Gasteiger partial charge < -0.3 is 4.74 Å². The number of carbonyl (C=O) groups excluding carboxylic acids is 1. The number of thiazole rings is 1. The number of rotatable bonds is 2. The highest BCUT2D eigenvalue weighted by atomic mass is 35.5. The minimum Gasteiger partial charge on any atom is -0.448 e. The van der Waals surface area contributed by atoms with Gasteiger partial charge in [0, 0.05) is 22.3 Å². The molecule has 0 aliphatic carbocycles. The van der Waals surface area contributed by atoms with Crippen LogP contribution < -0.4 is 4.80 Å². The average molecular weight is 283 g/mol. The summed E-state index contributed by atoms with van der Waals surface area (Å²) < 4.78 is 6.60. The molecule has 0 atom stereocenters. The van der Waals surface area contributed by atoms with Gasteiger partial charge in [-0.3, -0.25) is 4.57 Å². The lowest BCUT2D eigenvalue weighted by Gasteiger charge is -2.02. The smallest absolute Gasteiger partial charge is 0.436 e. The van der Waals surface area contributed by atoms with Crippen LogP contribution >= 0.6 is 22.9 Å². The Bertz CT molecular complexity index is 601. The Balaban J connectivity index is 2.39. The molecule has 0 N–H and O–H groups in total. The predicted octanol–water partition coefficient (Wildman–Crippen LogP) is 3.25. The van der Waals surface area contributed by atoms with Crippen LogP contribution in [0.5, 0.6) is 0 Å². The van der Waals surface area contributed by atoms with Gasteiger partial charge in [0.15, 0.2) is 0 Å². The number of halogens is 1. The molecule has 0 unspecified atom stereocenters. The van der Waals surface area contributed by atoms with Gasteiger partial charge in [0.1, 0.15) is 0 Å². The summed E-state index contributed by atoms with van der Waals surface area (Å²) >= 11 is 7.20. The van der Waals surface area contributed by atoms with E-state index in [4.69, 9.17) is 16.3 Å². The van der Waals surface area contributed by atoms with Crippen molar-refractivity contribution in [3.8, 4) is 5.69 Å². The summed E-state index contributed by atoms with van der Waals surface area (Å²) in [6.07, 6.45) is 1.26. The first-order valence-corrected chi connectivity index (χ1v) is 6.60. The maximum atomic E-state index is 11.3. The second-order valence-corrected chi connectivity index (χ2v) is 4.65. The molecule has 0 spiro atoms. The lowest BCUT2D eigenvalue weighted by molar-refractivity contribution is 0.162. The zero-order valence-corrected chi connectivity index (χ0v) is 11.2. The minimum atomic E-state index is -0.581. The molecule has 0 saturated carbocycles. The Morgan fingerprint density at radius 2 is 2.17 bits per heavy atom. The second-order valence-electron chi connectivity index (χ2n) is 3.34. The van der Waals surface area contributed by atoms with Crippen molar-refractivity contribution >= 4 is 29.0 Å². The fraction of sp³-hybridized carbons (Fsp3) is 0.167. The zero-order valence-electron chi connectivity index (χ0n) is 9.67. The standard InChI is InChI=1S/C12H11ClN2O2S/c1-2-17-12(16)14-11-15(7-8-18-11)10-5-3-9(13)4-6-10/h3-8H,2H2,1H3/b14-11-. The SMILES string of the molecule is CCOC(=O)/N=c1\sccn1-c1ccc(Cl)cc1. The summed E-state index contributed by atoms with van der Waals surface area (Å²) in [7, 11) is 0. The van der Waals surface area contributed by atoms with E-state index < -0.39 is 6.09 Å². The van der Waals surface area contributed by atoms with Gasteiger partial charge in [0.05, 0.1) is 6.61 Å². The fourth-order valence-electron chi connectivity index (χ4n) is 1.38. The van der Waals surface area contributed by atoms with Gasteiger partial charge in [-0.25, -0.2) is 4.79 Å². The van der Waals surface area contributed by atoms with Crippen molar-refractivity contribution in [3.63, 3.8) is 0 Å². The summed E-state index contributed by atoms with van der Waals surface area (Å²) in [6.45, 7) is 2.06. The number of aromatic nitrogens is 1. The third-order valence-electron chi connectivity index (χ3n) is 2.15. The number of hydrogen-bond acceptors (Lipinski definition) is 3.